The van der Waals surface area contributed by atoms with Crippen LogP contribution in [0.25, 0.3) is 11.0 Å². The van der Waals surface area contributed by atoms with Crippen molar-refractivity contribution in [3.8, 4) is 5.75 Å². The Morgan fingerprint density at radius 2 is 1.94 bits per heavy atom. The molecule has 31 heavy (non-hydrogen) atoms. The molecular weight excluding hydrogens is 416 g/mol. The molecular formula is C23H20N2O5S. The molecule has 3 aromatic rings. The van der Waals surface area contributed by atoms with E-state index in [0.717, 1.165) is 29.3 Å². The molecule has 1 unspecified atom stereocenters. The lowest BCUT2D eigenvalue weighted by molar-refractivity contribution is -0.121. The van der Waals surface area contributed by atoms with Gasteiger partial charge in [-0.05, 0) is 42.8 Å². The lowest BCUT2D eigenvalue weighted by Gasteiger charge is -2.09. The van der Waals surface area contributed by atoms with E-state index in [1.807, 2.05) is 19.1 Å². The van der Waals surface area contributed by atoms with Crippen LogP contribution in [0.15, 0.2) is 68.8 Å². The standard InChI is InChI=1S/C23H20N2O5S/c1-2-11-29-16-9-7-15(8-10-16)24-20(26)13-19-21(27)25-22(31-19)17-12-14-5-3-4-6-18(14)30-23(17)28/h3-10,12,19H,2,11,13H2,1H3,(H,24,26). The zero-order chi connectivity index (χ0) is 21.8. The van der Waals surface area contributed by atoms with Gasteiger partial charge in [0.15, 0.2) is 0 Å². The van der Waals surface area contributed by atoms with Crippen LogP contribution in [0.1, 0.15) is 25.3 Å². The van der Waals surface area contributed by atoms with Gasteiger partial charge in [-0.3, -0.25) is 9.59 Å². The first-order valence-corrected chi connectivity index (χ1v) is 10.8. The molecule has 0 aliphatic carbocycles. The predicted octanol–water partition coefficient (Wildman–Crippen LogP) is 4.00. The number of rotatable bonds is 7. The van der Waals surface area contributed by atoms with Crippen molar-refractivity contribution in [2.75, 3.05) is 11.9 Å². The van der Waals surface area contributed by atoms with Crippen molar-refractivity contribution in [1.82, 2.24) is 0 Å². The summed E-state index contributed by atoms with van der Waals surface area (Å²) in [6.07, 6.45) is 0.861. The van der Waals surface area contributed by atoms with E-state index in [2.05, 4.69) is 10.3 Å². The van der Waals surface area contributed by atoms with Gasteiger partial charge in [-0.25, -0.2) is 9.79 Å². The summed E-state index contributed by atoms with van der Waals surface area (Å²) in [6.45, 7) is 2.66. The molecule has 1 atom stereocenters. The first-order valence-electron chi connectivity index (χ1n) is 9.88. The van der Waals surface area contributed by atoms with E-state index in [1.165, 1.54) is 0 Å². The van der Waals surface area contributed by atoms with Crippen molar-refractivity contribution in [3.63, 3.8) is 0 Å². The number of benzene rings is 2. The maximum atomic E-state index is 12.4. The Morgan fingerprint density at radius 1 is 1.16 bits per heavy atom. The van der Waals surface area contributed by atoms with Crippen molar-refractivity contribution >= 4 is 45.3 Å². The Hall–Kier alpha value is -3.39. The molecule has 2 aromatic carbocycles. The molecule has 0 fully saturated rings. The minimum atomic E-state index is -0.687. The first-order chi connectivity index (χ1) is 15.0. The Bertz CT molecular complexity index is 1220. The number of nitrogens with zero attached hydrogens (tertiary/aromatic N) is 1. The molecule has 7 nitrogen and oxygen atoms in total. The number of carbonyl (C=O) groups is 2. The van der Waals surface area contributed by atoms with E-state index < -0.39 is 16.8 Å². The number of hydrogen-bond acceptors (Lipinski definition) is 6. The molecule has 0 saturated heterocycles. The van der Waals surface area contributed by atoms with Gasteiger partial charge in [0, 0.05) is 17.5 Å². The third-order valence-electron chi connectivity index (χ3n) is 4.59. The average molecular weight is 436 g/mol. The van der Waals surface area contributed by atoms with Crippen molar-refractivity contribution in [1.29, 1.82) is 0 Å². The summed E-state index contributed by atoms with van der Waals surface area (Å²) in [5, 5.41) is 3.10. The zero-order valence-electron chi connectivity index (χ0n) is 16.8. The Morgan fingerprint density at radius 3 is 2.71 bits per heavy atom. The van der Waals surface area contributed by atoms with Crippen molar-refractivity contribution in [2.45, 2.75) is 25.0 Å². The van der Waals surface area contributed by atoms with Crippen LogP contribution in [-0.4, -0.2) is 28.7 Å². The number of carbonyl (C=O) groups excluding carboxylic acids is 2. The van der Waals surface area contributed by atoms with Gasteiger partial charge in [-0.1, -0.05) is 36.9 Å². The van der Waals surface area contributed by atoms with Crippen molar-refractivity contribution < 1.29 is 18.7 Å². The number of amides is 2. The summed E-state index contributed by atoms with van der Waals surface area (Å²) in [6, 6.07) is 15.8. The number of anilines is 1. The summed E-state index contributed by atoms with van der Waals surface area (Å²) in [5.74, 6) is -0.0188. The molecule has 0 bridgehead atoms. The molecule has 1 N–H and O–H groups in total. The van der Waals surface area contributed by atoms with E-state index in [9.17, 15) is 14.4 Å². The highest BCUT2D eigenvalue weighted by molar-refractivity contribution is 8.16. The molecule has 4 rings (SSSR count). The third-order valence-corrected chi connectivity index (χ3v) is 5.78. The predicted molar refractivity (Wildman–Crippen MR) is 121 cm³/mol. The molecule has 0 radical (unpaired) electrons. The number of hydrogen-bond donors (Lipinski definition) is 1. The normalized spacial score (nSPS) is 15.7. The summed E-state index contributed by atoms with van der Waals surface area (Å²) in [4.78, 5) is 41.1. The molecule has 1 aliphatic rings. The quantitative estimate of drug-likeness (QED) is 0.562. The van der Waals surface area contributed by atoms with Gasteiger partial charge < -0.3 is 14.5 Å². The second kappa shape index (κ2) is 9.18. The Balaban J connectivity index is 1.40. The molecule has 1 aliphatic heterocycles. The first kappa shape index (κ1) is 20.9. The highest BCUT2D eigenvalue weighted by atomic mass is 32.2. The van der Waals surface area contributed by atoms with Gasteiger partial charge in [-0.2, -0.15) is 0 Å². The zero-order valence-corrected chi connectivity index (χ0v) is 17.6. The summed E-state index contributed by atoms with van der Waals surface area (Å²) < 4.78 is 10.8. The second-order valence-electron chi connectivity index (χ2n) is 6.97. The highest BCUT2D eigenvalue weighted by Crippen LogP contribution is 2.29. The number of nitrogens with one attached hydrogen (secondary N) is 1. The van der Waals surface area contributed by atoms with Crippen molar-refractivity contribution in [3.05, 3.63) is 70.6 Å². The van der Waals surface area contributed by atoms with Gasteiger partial charge in [0.05, 0.1) is 12.2 Å². The van der Waals surface area contributed by atoms with Crippen LogP contribution in [0, 0.1) is 0 Å². The molecule has 2 heterocycles. The van der Waals surface area contributed by atoms with Crippen molar-refractivity contribution in [2.24, 2.45) is 4.99 Å². The maximum absolute atomic E-state index is 12.4. The largest absolute Gasteiger partial charge is 0.494 e. The van der Waals surface area contributed by atoms with E-state index in [-0.39, 0.29) is 22.9 Å². The van der Waals surface area contributed by atoms with Gasteiger partial charge in [-0.15, -0.1) is 0 Å². The maximum Gasteiger partial charge on any atom is 0.346 e. The van der Waals surface area contributed by atoms with Crippen LogP contribution in [0.5, 0.6) is 5.75 Å². The van der Waals surface area contributed by atoms with Crippen LogP contribution < -0.4 is 15.7 Å². The van der Waals surface area contributed by atoms with E-state index in [4.69, 9.17) is 9.15 Å². The fourth-order valence-electron chi connectivity index (χ4n) is 3.08. The van der Waals surface area contributed by atoms with Crippen LogP contribution in [0.4, 0.5) is 5.69 Å². The Labute approximate surface area is 182 Å². The minimum Gasteiger partial charge on any atom is -0.494 e. The molecule has 0 saturated carbocycles. The number of ether oxygens (including phenoxy) is 1. The number of fused-ring (bicyclic) bond motifs is 1. The molecule has 158 valence electrons. The number of aliphatic imine (C=N–C) groups is 1. The molecule has 8 heteroatoms. The summed E-state index contributed by atoms with van der Waals surface area (Å²) in [5.41, 5.74) is 0.740. The van der Waals surface area contributed by atoms with Crippen LogP contribution in [0.2, 0.25) is 0 Å². The SMILES string of the molecule is CCCOc1ccc(NC(=O)CC2SC(c3cc4ccccc4oc3=O)=NC2=O)cc1. The smallest absolute Gasteiger partial charge is 0.346 e. The monoisotopic (exact) mass is 436 g/mol. The topological polar surface area (TPSA) is 98.0 Å². The van der Waals surface area contributed by atoms with Crippen LogP contribution >= 0.6 is 11.8 Å². The van der Waals surface area contributed by atoms with Gasteiger partial charge in [0.25, 0.3) is 5.91 Å². The minimum absolute atomic E-state index is 0.0521. The van der Waals surface area contributed by atoms with Crippen LogP contribution in [-0.2, 0) is 9.59 Å². The lowest BCUT2D eigenvalue weighted by atomic mass is 10.2. The molecule has 1 aromatic heterocycles. The molecule has 0 spiro atoms. The summed E-state index contributed by atoms with van der Waals surface area (Å²) >= 11 is 1.10. The number of thioether (sulfide) groups is 1. The average Bonchev–Trinajstić information content (AvgIpc) is 3.12. The van der Waals surface area contributed by atoms with Crippen LogP contribution in [0.3, 0.4) is 0 Å². The van der Waals surface area contributed by atoms with Gasteiger partial charge >= 0.3 is 5.63 Å². The number of para-hydroxylation sites is 1. The summed E-state index contributed by atoms with van der Waals surface area (Å²) in [7, 11) is 0. The third kappa shape index (κ3) is 4.86. The van der Waals surface area contributed by atoms with E-state index in [1.54, 1.807) is 42.5 Å². The second-order valence-corrected chi connectivity index (χ2v) is 8.16. The fourth-order valence-corrected chi connectivity index (χ4v) is 4.15. The fraction of sp³-hybridized carbons (Fsp3) is 0.217. The Kier molecular flexibility index (Phi) is 6.18. The molecule has 2 amide bonds. The lowest BCUT2D eigenvalue weighted by Crippen LogP contribution is -2.21. The highest BCUT2D eigenvalue weighted by Gasteiger charge is 2.32. The van der Waals surface area contributed by atoms with E-state index in [0.29, 0.717) is 17.9 Å². The van der Waals surface area contributed by atoms with Gasteiger partial charge in [0.1, 0.15) is 21.6 Å². The van der Waals surface area contributed by atoms with E-state index >= 15 is 0 Å². The van der Waals surface area contributed by atoms with Gasteiger partial charge in [0.2, 0.25) is 5.91 Å².